The summed E-state index contributed by atoms with van der Waals surface area (Å²) in [6, 6.07) is 10.0. The Hall–Kier alpha value is -2.05. The third-order valence-corrected chi connectivity index (χ3v) is 5.37. The van der Waals surface area contributed by atoms with E-state index in [4.69, 9.17) is 0 Å². The maximum atomic E-state index is 11.6. The molecule has 23 heavy (non-hydrogen) atoms. The first-order chi connectivity index (χ1) is 10.9. The summed E-state index contributed by atoms with van der Waals surface area (Å²) < 4.78 is 23.2. The van der Waals surface area contributed by atoms with E-state index in [1.807, 2.05) is 12.1 Å². The minimum atomic E-state index is -3.22. The Balaban J connectivity index is 2.05. The second kappa shape index (κ2) is 5.86. The quantitative estimate of drug-likeness (QED) is 0.729. The number of fused-ring (bicyclic) bond motifs is 1. The number of rotatable bonds is 2. The molecule has 0 saturated carbocycles. The van der Waals surface area contributed by atoms with Crippen LogP contribution in [-0.4, -0.2) is 38.0 Å². The molecule has 122 valence electrons. The van der Waals surface area contributed by atoms with E-state index in [0.717, 1.165) is 29.7 Å². The van der Waals surface area contributed by atoms with Crippen LogP contribution < -0.4 is 5.32 Å². The van der Waals surface area contributed by atoms with Gasteiger partial charge in [-0.2, -0.15) is 0 Å². The van der Waals surface area contributed by atoms with E-state index in [9.17, 15) is 18.6 Å². The van der Waals surface area contributed by atoms with Gasteiger partial charge in [0.15, 0.2) is 21.3 Å². The van der Waals surface area contributed by atoms with E-state index >= 15 is 0 Å². The molecule has 6 heteroatoms. The van der Waals surface area contributed by atoms with Gasteiger partial charge >= 0.3 is 0 Å². The Morgan fingerprint density at radius 2 is 1.74 bits per heavy atom. The lowest BCUT2D eigenvalue weighted by atomic mass is 9.88. The number of nitrogens with one attached hydrogen (secondary N) is 1. The highest BCUT2D eigenvalue weighted by Gasteiger charge is 2.22. The van der Waals surface area contributed by atoms with Crippen molar-refractivity contribution in [3.63, 3.8) is 0 Å². The van der Waals surface area contributed by atoms with Crippen LogP contribution in [0.3, 0.4) is 0 Å². The lowest BCUT2D eigenvalue weighted by Gasteiger charge is -2.19. The second-order valence-electron chi connectivity index (χ2n) is 5.89. The molecule has 0 saturated heterocycles. The van der Waals surface area contributed by atoms with Crippen LogP contribution in [0.25, 0.3) is 0 Å². The fourth-order valence-corrected chi connectivity index (χ4v) is 3.63. The molecular formula is C17H19NO4S. The summed E-state index contributed by atoms with van der Waals surface area (Å²) >= 11 is 0. The van der Waals surface area contributed by atoms with E-state index in [1.54, 1.807) is 24.3 Å². The summed E-state index contributed by atoms with van der Waals surface area (Å²) in [4.78, 5) is 0.289. The van der Waals surface area contributed by atoms with Crippen molar-refractivity contribution in [2.75, 3.05) is 19.3 Å². The first kappa shape index (κ1) is 15.8. The molecule has 1 atom stereocenters. The van der Waals surface area contributed by atoms with Gasteiger partial charge in [0.05, 0.1) is 4.90 Å². The van der Waals surface area contributed by atoms with Crippen LogP contribution in [0.15, 0.2) is 41.3 Å². The summed E-state index contributed by atoms with van der Waals surface area (Å²) in [5.74, 6) is -0.257. The minimum absolute atomic E-state index is 0.00684. The molecule has 0 spiro atoms. The number of hydrogen-bond acceptors (Lipinski definition) is 5. The first-order valence-electron chi connectivity index (χ1n) is 7.42. The summed E-state index contributed by atoms with van der Waals surface area (Å²) in [6.45, 7) is 1.48. The van der Waals surface area contributed by atoms with Crippen molar-refractivity contribution < 1.29 is 18.6 Å². The molecule has 0 bridgehead atoms. The predicted octanol–water partition coefficient (Wildman–Crippen LogP) is 1.78. The molecule has 3 N–H and O–H groups in total. The molecular weight excluding hydrogens is 314 g/mol. The maximum Gasteiger partial charge on any atom is 0.175 e. The lowest BCUT2D eigenvalue weighted by Crippen LogP contribution is -2.20. The van der Waals surface area contributed by atoms with Gasteiger partial charge in [-0.1, -0.05) is 12.1 Å². The fraction of sp³-hybridized carbons (Fsp3) is 0.294. The highest BCUT2D eigenvalue weighted by atomic mass is 32.2. The molecule has 0 aliphatic carbocycles. The van der Waals surface area contributed by atoms with Crippen molar-refractivity contribution in [2.24, 2.45) is 0 Å². The average molecular weight is 333 g/mol. The third-order valence-electron chi connectivity index (χ3n) is 4.24. The molecule has 1 aliphatic rings. The van der Waals surface area contributed by atoms with Crippen molar-refractivity contribution >= 4 is 9.84 Å². The van der Waals surface area contributed by atoms with Crippen LogP contribution >= 0.6 is 0 Å². The fourth-order valence-electron chi connectivity index (χ4n) is 3.00. The monoisotopic (exact) mass is 333 g/mol. The molecule has 0 aromatic heterocycles. The highest BCUT2D eigenvalue weighted by molar-refractivity contribution is 7.90. The molecule has 1 heterocycles. The normalized spacial score (nSPS) is 18.2. The van der Waals surface area contributed by atoms with E-state index in [-0.39, 0.29) is 22.3 Å². The largest absolute Gasteiger partial charge is 0.504 e. The van der Waals surface area contributed by atoms with Crippen LogP contribution in [0.2, 0.25) is 0 Å². The smallest absolute Gasteiger partial charge is 0.175 e. The zero-order chi connectivity index (χ0) is 16.6. The summed E-state index contributed by atoms with van der Waals surface area (Å²) in [6.07, 6.45) is 1.95. The zero-order valence-electron chi connectivity index (χ0n) is 12.8. The molecule has 1 unspecified atom stereocenters. The van der Waals surface area contributed by atoms with Gasteiger partial charge in [0.25, 0.3) is 0 Å². The number of sulfone groups is 1. The van der Waals surface area contributed by atoms with Crippen molar-refractivity contribution in [3.8, 4) is 11.5 Å². The molecule has 0 fully saturated rings. The molecule has 1 aliphatic heterocycles. The van der Waals surface area contributed by atoms with Crippen LogP contribution in [-0.2, 0) is 16.3 Å². The van der Waals surface area contributed by atoms with Crippen LogP contribution in [0.1, 0.15) is 22.6 Å². The van der Waals surface area contributed by atoms with Gasteiger partial charge in [0.1, 0.15) is 0 Å². The maximum absolute atomic E-state index is 11.6. The zero-order valence-corrected chi connectivity index (χ0v) is 13.6. The molecule has 0 amide bonds. The number of benzene rings is 2. The molecule has 0 radical (unpaired) electrons. The summed E-state index contributed by atoms with van der Waals surface area (Å²) in [5, 5.41) is 22.9. The summed E-state index contributed by atoms with van der Waals surface area (Å²) in [7, 11) is -3.22. The van der Waals surface area contributed by atoms with Gasteiger partial charge in [-0.15, -0.1) is 0 Å². The molecule has 5 nitrogen and oxygen atoms in total. The van der Waals surface area contributed by atoms with E-state index in [1.165, 1.54) is 6.26 Å². The first-order valence-corrected chi connectivity index (χ1v) is 9.31. The Kier molecular flexibility index (Phi) is 4.04. The van der Waals surface area contributed by atoms with E-state index in [2.05, 4.69) is 5.32 Å². The average Bonchev–Trinajstić information content (AvgIpc) is 2.69. The van der Waals surface area contributed by atoms with Gasteiger partial charge in [0.2, 0.25) is 0 Å². The Morgan fingerprint density at radius 3 is 2.39 bits per heavy atom. The Labute approximate surface area is 135 Å². The highest BCUT2D eigenvalue weighted by Crippen LogP contribution is 2.36. The molecule has 2 aromatic carbocycles. The lowest BCUT2D eigenvalue weighted by molar-refractivity contribution is 0.402. The topological polar surface area (TPSA) is 86.6 Å². The second-order valence-corrected chi connectivity index (χ2v) is 7.90. The Bertz CT molecular complexity index is 828. The molecule has 2 aromatic rings. The van der Waals surface area contributed by atoms with E-state index in [0.29, 0.717) is 6.54 Å². The number of aromatic hydroxyl groups is 2. The van der Waals surface area contributed by atoms with Gasteiger partial charge in [-0.25, -0.2) is 8.42 Å². The van der Waals surface area contributed by atoms with E-state index < -0.39 is 9.84 Å². The van der Waals surface area contributed by atoms with Crippen LogP contribution in [0, 0.1) is 0 Å². The van der Waals surface area contributed by atoms with Gasteiger partial charge in [-0.3, -0.25) is 0 Å². The minimum Gasteiger partial charge on any atom is -0.504 e. The van der Waals surface area contributed by atoms with Crippen molar-refractivity contribution in [1.82, 2.24) is 5.32 Å². The number of phenolic OH excluding ortho intramolecular Hbond substituents is 2. The number of phenols is 2. The van der Waals surface area contributed by atoms with Crippen LogP contribution in [0.4, 0.5) is 0 Å². The van der Waals surface area contributed by atoms with Crippen molar-refractivity contribution in [3.05, 3.63) is 53.1 Å². The van der Waals surface area contributed by atoms with Crippen molar-refractivity contribution in [2.45, 2.75) is 17.2 Å². The molecule has 3 rings (SSSR count). The van der Waals surface area contributed by atoms with Gasteiger partial charge in [-0.05, 0) is 53.9 Å². The van der Waals surface area contributed by atoms with Gasteiger partial charge in [0, 0.05) is 18.7 Å². The third kappa shape index (κ3) is 3.18. The predicted molar refractivity (Wildman–Crippen MR) is 87.7 cm³/mol. The standard InChI is InChI=1S/C17H19NO4S/c1-23(21,22)13-4-2-11(3-5-13)15-10-18-7-6-12-8-16(19)17(20)9-14(12)15/h2-5,8-9,15,18-20H,6-7,10H2,1H3. The van der Waals surface area contributed by atoms with Crippen molar-refractivity contribution in [1.29, 1.82) is 0 Å². The van der Waals surface area contributed by atoms with Crippen LogP contribution in [0.5, 0.6) is 11.5 Å². The SMILES string of the molecule is CS(=O)(=O)c1ccc(C2CNCCc3cc(O)c(O)cc32)cc1. The Morgan fingerprint density at radius 1 is 1.09 bits per heavy atom. The van der Waals surface area contributed by atoms with Gasteiger partial charge < -0.3 is 15.5 Å². The summed E-state index contributed by atoms with van der Waals surface area (Å²) in [5.41, 5.74) is 2.91. The number of hydrogen-bond donors (Lipinski definition) is 3.